The summed E-state index contributed by atoms with van der Waals surface area (Å²) in [6.45, 7) is 4.91. The average Bonchev–Trinajstić information content (AvgIpc) is 3.46. The standard InChI is InChI=1S/C29H26ClN5O3/c1-3-24(36)35-15-17-13-19(17)23(35)8-7-16-14-31-11-9-18(16)26-27(25-21(33-26)10-12-32-29(25)37)34-22-6-4-5-20(30)28(22)38-2/h3-6,9,11,14,17,19,23,33-34H,1,10,12-13,15H2,2H3,(H,32,37)/t17?,19-,23-/m0/s1. The maximum Gasteiger partial charge on any atom is 0.255 e. The van der Waals surface area contributed by atoms with Crippen molar-refractivity contribution in [3.63, 3.8) is 0 Å². The fourth-order valence-electron chi connectivity index (χ4n) is 5.51. The lowest BCUT2D eigenvalue weighted by molar-refractivity contribution is -0.126. The number of aromatic amines is 1. The number of halogens is 1. The molecule has 2 aliphatic heterocycles. The number of nitrogens with one attached hydrogen (secondary N) is 3. The van der Waals surface area contributed by atoms with E-state index in [9.17, 15) is 9.59 Å². The summed E-state index contributed by atoms with van der Waals surface area (Å²) < 4.78 is 5.54. The zero-order chi connectivity index (χ0) is 26.4. The van der Waals surface area contributed by atoms with Crippen molar-refractivity contribution >= 4 is 34.8 Å². The lowest BCUT2D eigenvalue weighted by Crippen LogP contribution is -2.36. The average molecular weight is 528 g/mol. The number of nitrogens with zero attached hydrogens (tertiary/aromatic N) is 2. The first-order valence-corrected chi connectivity index (χ1v) is 12.9. The van der Waals surface area contributed by atoms with Crippen molar-refractivity contribution in [1.29, 1.82) is 0 Å². The second-order valence-corrected chi connectivity index (χ2v) is 10.1. The van der Waals surface area contributed by atoms with Crippen molar-refractivity contribution in [3.8, 4) is 28.8 Å². The van der Waals surface area contributed by atoms with Gasteiger partial charge in [0.1, 0.15) is 0 Å². The molecule has 3 atom stereocenters. The van der Waals surface area contributed by atoms with Gasteiger partial charge in [-0.05, 0) is 42.5 Å². The van der Waals surface area contributed by atoms with Gasteiger partial charge in [0, 0.05) is 43.2 Å². The van der Waals surface area contributed by atoms with Gasteiger partial charge in [0.2, 0.25) is 5.91 Å². The van der Waals surface area contributed by atoms with Gasteiger partial charge < -0.3 is 25.3 Å². The second kappa shape index (κ2) is 9.58. The minimum atomic E-state index is -0.164. The number of carbonyl (C=O) groups is 2. The fourth-order valence-corrected chi connectivity index (χ4v) is 5.77. The first-order chi connectivity index (χ1) is 18.5. The van der Waals surface area contributed by atoms with Crippen LogP contribution < -0.4 is 15.4 Å². The van der Waals surface area contributed by atoms with Gasteiger partial charge in [0.15, 0.2) is 5.75 Å². The number of aromatic nitrogens is 2. The van der Waals surface area contributed by atoms with E-state index in [1.165, 1.54) is 6.08 Å². The summed E-state index contributed by atoms with van der Waals surface area (Å²) >= 11 is 6.37. The Morgan fingerprint density at radius 2 is 2.24 bits per heavy atom. The predicted molar refractivity (Wildman–Crippen MR) is 146 cm³/mol. The molecule has 3 aromatic rings. The Hall–Kier alpha value is -4.22. The number of methoxy groups -OCH3 is 1. The molecule has 1 saturated heterocycles. The quantitative estimate of drug-likeness (QED) is 0.342. The number of para-hydroxylation sites is 1. The first-order valence-electron chi connectivity index (χ1n) is 12.5. The predicted octanol–water partition coefficient (Wildman–Crippen LogP) is 4.15. The van der Waals surface area contributed by atoms with Crippen LogP contribution in [0, 0.1) is 23.7 Å². The lowest BCUT2D eigenvalue weighted by atomic mass is 10.0. The second-order valence-electron chi connectivity index (χ2n) is 9.67. The minimum absolute atomic E-state index is 0.0899. The molecule has 1 aliphatic carbocycles. The highest BCUT2D eigenvalue weighted by Gasteiger charge is 2.53. The molecule has 8 nitrogen and oxygen atoms in total. The molecule has 1 aromatic carbocycles. The Balaban J connectivity index is 1.44. The van der Waals surface area contributed by atoms with Gasteiger partial charge in [-0.25, -0.2) is 0 Å². The number of H-pyrrole nitrogens is 1. The smallest absolute Gasteiger partial charge is 0.255 e. The van der Waals surface area contributed by atoms with E-state index in [0.29, 0.717) is 58.1 Å². The Labute approximate surface area is 225 Å². The third-order valence-corrected chi connectivity index (χ3v) is 7.75. The summed E-state index contributed by atoms with van der Waals surface area (Å²) in [5.41, 5.74) is 4.83. The maximum atomic E-state index is 13.0. The van der Waals surface area contributed by atoms with Crippen LogP contribution in [0.4, 0.5) is 11.4 Å². The molecule has 0 radical (unpaired) electrons. The molecule has 2 amide bonds. The summed E-state index contributed by atoms with van der Waals surface area (Å²) in [6.07, 6.45) is 6.52. The van der Waals surface area contributed by atoms with E-state index < -0.39 is 0 Å². The van der Waals surface area contributed by atoms with Gasteiger partial charge in [-0.2, -0.15) is 0 Å². The number of carbonyl (C=O) groups excluding carboxylic acids is 2. The fraction of sp³-hybridized carbons (Fsp3) is 0.276. The molecule has 3 aliphatic rings. The number of ether oxygens (including phenoxy) is 1. The highest BCUT2D eigenvalue weighted by molar-refractivity contribution is 6.32. The van der Waals surface area contributed by atoms with Gasteiger partial charge in [0.25, 0.3) is 5.91 Å². The number of hydrogen-bond acceptors (Lipinski definition) is 5. The van der Waals surface area contributed by atoms with Crippen LogP contribution in [0.15, 0.2) is 49.3 Å². The molecule has 4 heterocycles. The SMILES string of the molecule is C=CC(=O)N1CC2C[C@@H]2[C@@H]1C#Cc1cnccc1-c1[nH]c2c(c1Nc1cccc(Cl)c1OC)C(=O)NCC2. The van der Waals surface area contributed by atoms with E-state index in [2.05, 4.69) is 39.0 Å². The van der Waals surface area contributed by atoms with Crippen LogP contribution in [0.3, 0.4) is 0 Å². The number of fused-ring (bicyclic) bond motifs is 2. The number of hydrogen-bond donors (Lipinski definition) is 3. The Morgan fingerprint density at radius 1 is 1.37 bits per heavy atom. The van der Waals surface area contributed by atoms with E-state index in [1.807, 2.05) is 23.1 Å². The molecule has 3 N–H and O–H groups in total. The van der Waals surface area contributed by atoms with E-state index in [1.54, 1.807) is 25.6 Å². The van der Waals surface area contributed by atoms with Crippen LogP contribution in [0.2, 0.25) is 5.02 Å². The summed E-state index contributed by atoms with van der Waals surface area (Å²) in [5.74, 6) is 7.79. The molecule has 0 spiro atoms. The topological polar surface area (TPSA) is 99.3 Å². The van der Waals surface area contributed by atoms with E-state index >= 15 is 0 Å². The highest BCUT2D eigenvalue weighted by atomic mass is 35.5. The molecule has 1 unspecified atom stereocenters. The number of rotatable bonds is 5. The number of benzene rings is 1. The molecule has 1 saturated carbocycles. The zero-order valence-electron chi connectivity index (χ0n) is 20.8. The highest BCUT2D eigenvalue weighted by Crippen LogP contribution is 2.49. The first kappa shape index (κ1) is 24.1. The van der Waals surface area contributed by atoms with Gasteiger partial charge in [-0.3, -0.25) is 14.6 Å². The molecule has 2 aromatic heterocycles. The van der Waals surface area contributed by atoms with Crippen molar-refractivity contribution in [2.45, 2.75) is 18.9 Å². The van der Waals surface area contributed by atoms with Gasteiger partial charge >= 0.3 is 0 Å². The van der Waals surface area contributed by atoms with Crippen molar-refractivity contribution in [1.82, 2.24) is 20.2 Å². The normalized spacial score (nSPS) is 20.9. The van der Waals surface area contributed by atoms with E-state index in [4.69, 9.17) is 16.3 Å². The molecule has 2 fully saturated rings. The monoisotopic (exact) mass is 527 g/mol. The van der Waals surface area contributed by atoms with Crippen LogP contribution >= 0.6 is 11.6 Å². The third kappa shape index (κ3) is 4.09. The van der Waals surface area contributed by atoms with Gasteiger partial charge in [-0.15, -0.1) is 0 Å². The van der Waals surface area contributed by atoms with Crippen LogP contribution in [0.25, 0.3) is 11.3 Å². The van der Waals surface area contributed by atoms with E-state index in [-0.39, 0.29) is 17.9 Å². The largest absolute Gasteiger partial charge is 0.493 e. The Bertz CT molecular complexity index is 1530. The number of amides is 2. The lowest BCUT2D eigenvalue weighted by Gasteiger charge is -2.22. The summed E-state index contributed by atoms with van der Waals surface area (Å²) in [6, 6.07) is 7.14. The number of likely N-dealkylation sites (tertiary alicyclic amines) is 1. The van der Waals surface area contributed by atoms with Crippen LogP contribution in [0.5, 0.6) is 5.75 Å². The maximum absolute atomic E-state index is 13.0. The van der Waals surface area contributed by atoms with Crippen molar-refractivity contribution in [2.75, 3.05) is 25.5 Å². The molecule has 38 heavy (non-hydrogen) atoms. The Morgan fingerprint density at radius 3 is 3.05 bits per heavy atom. The summed E-state index contributed by atoms with van der Waals surface area (Å²) in [4.78, 5) is 35.0. The van der Waals surface area contributed by atoms with Crippen LogP contribution in [-0.4, -0.2) is 52.9 Å². The van der Waals surface area contributed by atoms with Crippen molar-refractivity contribution in [2.24, 2.45) is 11.8 Å². The van der Waals surface area contributed by atoms with Crippen molar-refractivity contribution in [3.05, 3.63) is 71.2 Å². The van der Waals surface area contributed by atoms with E-state index in [0.717, 1.165) is 29.9 Å². The minimum Gasteiger partial charge on any atom is -0.493 e. The zero-order valence-corrected chi connectivity index (χ0v) is 21.6. The molecular formula is C29H26ClN5O3. The Kier molecular flexibility index (Phi) is 6.09. The molecule has 9 heteroatoms. The number of anilines is 2. The number of piperidine rings is 1. The van der Waals surface area contributed by atoms with Crippen molar-refractivity contribution < 1.29 is 14.3 Å². The third-order valence-electron chi connectivity index (χ3n) is 7.45. The number of pyridine rings is 1. The van der Waals surface area contributed by atoms with Crippen LogP contribution in [-0.2, 0) is 11.2 Å². The molecular weight excluding hydrogens is 502 g/mol. The molecule has 0 bridgehead atoms. The summed E-state index contributed by atoms with van der Waals surface area (Å²) in [7, 11) is 1.55. The summed E-state index contributed by atoms with van der Waals surface area (Å²) in [5, 5.41) is 6.79. The van der Waals surface area contributed by atoms with Gasteiger partial charge in [-0.1, -0.05) is 36.1 Å². The molecule has 192 valence electrons. The van der Waals surface area contributed by atoms with Gasteiger partial charge in [0.05, 0.1) is 46.4 Å². The molecule has 6 rings (SSSR count). The van der Waals surface area contributed by atoms with Crippen LogP contribution in [0.1, 0.15) is 28.0 Å².